The molecule has 0 saturated heterocycles. The van der Waals surface area contributed by atoms with Crippen molar-refractivity contribution in [1.29, 1.82) is 0 Å². The van der Waals surface area contributed by atoms with E-state index >= 15 is 0 Å². The van der Waals surface area contributed by atoms with Crippen molar-refractivity contribution in [3.63, 3.8) is 0 Å². The molecule has 0 atom stereocenters. The van der Waals surface area contributed by atoms with Crippen LogP contribution in [0, 0.1) is 0 Å². The third-order valence-corrected chi connectivity index (χ3v) is 4.51. The summed E-state index contributed by atoms with van der Waals surface area (Å²) in [4.78, 5) is 28.0. The SMILES string of the molecule is COC(=O)c1nc(Cc2ccccc2)n(Cc2ccc(OC)cc2)c1CC=O. The van der Waals surface area contributed by atoms with Crippen LogP contribution in [0.25, 0.3) is 0 Å². The molecule has 0 spiro atoms. The molecule has 6 nitrogen and oxygen atoms in total. The average molecular weight is 378 g/mol. The predicted octanol–water partition coefficient (Wildman–Crippen LogP) is 3.06. The summed E-state index contributed by atoms with van der Waals surface area (Å²) < 4.78 is 12.0. The van der Waals surface area contributed by atoms with Crippen LogP contribution in [0.5, 0.6) is 5.75 Å². The molecule has 0 bridgehead atoms. The van der Waals surface area contributed by atoms with Crippen LogP contribution in [0.15, 0.2) is 54.6 Å². The lowest BCUT2D eigenvalue weighted by Crippen LogP contribution is -2.12. The number of aromatic nitrogens is 2. The van der Waals surface area contributed by atoms with Crippen molar-refractivity contribution in [2.24, 2.45) is 0 Å². The van der Waals surface area contributed by atoms with Gasteiger partial charge >= 0.3 is 5.97 Å². The number of ether oxygens (including phenoxy) is 2. The van der Waals surface area contributed by atoms with Crippen molar-refractivity contribution in [1.82, 2.24) is 9.55 Å². The second kappa shape index (κ2) is 8.99. The summed E-state index contributed by atoms with van der Waals surface area (Å²) in [6, 6.07) is 17.5. The molecule has 0 aliphatic rings. The number of rotatable bonds is 8. The summed E-state index contributed by atoms with van der Waals surface area (Å²) in [6.07, 6.45) is 1.41. The Morgan fingerprint density at radius 3 is 2.36 bits per heavy atom. The van der Waals surface area contributed by atoms with Crippen LogP contribution in [0.3, 0.4) is 0 Å². The smallest absolute Gasteiger partial charge is 0.358 e. The summed E-state index contributed by atoms with van der Waals surface area (Å²) in [5.74, 6) is 0.932. The molecular weight excluding hydrogens is 356 g/mol. The first kappa shape index (κ1) is 19.4. The third-order valence-electron chi connectivity index (χ3n) is 4.51. The summed E-state index contributed by atoms with van der Waals surface area (Å²) in [5, 5.41) is 0. The minimum absolute atomic E-state index is 0.0857. The van der Waals surface area contributed by atoms with Gasteiger partial charge in [0, 0.05) is 19.4 Å². The van der Waals surface area contributed by atoms with Crippen LogP contribution in [-0.4, -0.2) is 36.0 Å². The van der Waals surface area contributed by atoms with Gasteiger partial charge in [0.1, 0.15) is 17.9 Å². The van der Waals surface area contributed by atoms with Gasteiger partial charge in [0.15, 0.2) is 5.69 Å². The number of hydrogen-bond acceptors (Lipinski definition) is 5. The Morgan fingerprint density at radius 2 is 1.75 bits per heavy atom. The number of esters is 1. The molecule has 3 rings (SSSR count). The molecule has 144 valence electrons. The molecule has 0 N–H and O–H groups in total. The van der Waals surface area contributed by atoms with Crippen LogP contribution in [0.4, 0.5) is 0 Å². The zero-order valence-electron chi connectivity index (χ0n) is 15.9. The lowest BCUT2D eigenvalue weighted by atomic mass is 10.1. The van der Waals surface area contributed by atoms with E-state index in [1.807, 2.05) is 59.2 Å². The monoisotopic (exact) mass is 378 g/mol. The highest BCUT2D eigenvalue weighted by Crippen LogP contribution is 2.20. The second-order valence-electron chi connectivity index (χ2n) is 6.28. The topological polar surface area (TPSA) is 70.4 Å². The van der Waals surface area contributed by atoms with Crippen LogP contribution in [0.1, 0.15) is 33.1 Å². The van der Waals surface area contributed by atoms with E-state index in [2.05, 4.69) is 4.98 Å². The van der Waals surface area contributed by atoms with E-state index in [4.69, 9.17) is 9.47 Å². The van der Waals surface area contributed by atoms with E-state index in [1.54, 1.807) is 7.11 Å². The van der Waals surface area contributed by atoms with Crippen molar-refractivity contribution in [3.05, 3.63) is 82.9 Å². The summed E-state index contributed by atoms with van der Waals surface area (Å²) in [7, 11) is 2.93. The van der Waals surface area contributed by atoms with Gasteiger partial charge in [0.05, 0.1) is 19.9 Å². The van der Waals surface area contributed by atoms with Crippen molar-refractivity contribution in [3.8, 4) is 5.75 Å². The maximum atomic E-state index is 12.2. The number of methoxy groups -OCH3 is 2. The van der Waals surface area contributed by atoms with E-state index in [9.17, 15) is 9.59 Å². The zero-order chi connectivity index (χ0) is 19.9. The van der Waals surface area contributed by atoms with Crippen molar-refractivity contribution in [2.75, 3.05) is 14.2 Å². The molecule has 0 amide bonds. The minimum atomic E-state index is -0.542. The van der Waals surface area contributed by atoms with E-state index in [-0.39, 0.29) is 12.1 Å². The number of imidazole rings is 1. The van der Waals surface area contributed by atoms with Crippen molar-refractivity contribution in [2.45, 2.75) is 19.4 Å². The largest absolute Gasteiger partial charge is 0.497 e. The van der Waals surface area contributed by atoms with Gasteiger partial charge < -0.3 is 18.8 Å². The standard InChI is InChI=1S/C22H22N2O4/c1-27-18-10-8-17(9-11-18)15-24-19(12-13-25)21(22(26)28-2)23-20(24)14-16-6-4-3-5-7-16/h3-11,13H,12,14-15H2,1-2H3. The van der Waals surface area contributed by atoms with E-state index in [0.29, 0.717) is 24.5 Å². The third kappa shape index (κ3) is 4.28. The van der Waals surface area contributed by atoms with E-state index in [1.165, 1.54) is 7.11 Å². The quantitative estimate of drug-likeness (QED) is 0.445. The summed E-state index contributed by atoms with van der Waals surface area (Å²) in [6.45, 7) is 0.485. The normalized spacial score (nSPS) is 10.5. The number of nitrogens with zero attached hydrogens (tertiary/aromatic N) is 2. The number of carbonyl (C=O) groups is 2. The Morgan fingerprint density at radius 1 is 1.04 bits per heavy atom. The molecular formula is C22H22N2O4. The first-order valence-electron chi connectivity index (χ1n) is 8.93. The van der Waals surface area contributed by atoms with Gasteiger partial charge in [-0.15, -0.1) is 0 Å². The fourth-order valence-corrected chi connectivity index (χ4v) is 3.10. The van der Waals surface area contributed by atoms with Gasteiger partial charge in [-0.05, 0) is 23.3 Å². The average Bonchev–Trinajstić information content (AvgIpc) is 3.06. The second-order valence-corrected chi connectivity index (χ2v) is 6.28. The van der Waals surface area contributed by atoms with Gasteiger partial charge in [-0.2, -0.15) is 0 Å². The van der Waals surface area contributed by atoms with Crippen LogP contribution < -0.4 is 4.74 Å². The Labute approximate surface area is 163 Å². The number of hydrogen-bond donors (Lipinski definition) is 0. The first-order chi connectivity index (χ1) is 13.7. The van der Waals surface area contributed by atoms with Gasteiger partial charge in [-0.3, -0.25) is 0 Å². The molecule has 0 aliphatic carbocycles. The summed E-state index contributed by atoms with van der Waals surface area (Å²) >= 11 is 0. The first-order valence-corrected chi connectivity index (χ1v) is 8.93. The highest BCUT2D eigenvalue weighted by molar-refractivity contribution is 5.89. The lowest BCUT2D eigenvalue weighted by Gasteiger charge is -2.12. The van der Waals surface area contributed by atoms with Crippen LogP contribution >= 0.6 is 0 Å². The van der Waals surface area contributed by atoms with Crippen LogP contribution in [0.2, 0.25) is 0 Å². The van der Waals surface area contributed by atoms with Gasteiger partial charge in [0.25, 0.3) is 0 Å². The predicted molar refractivity (Wildman–Crippen MR) is 105 cm³/mol. The molecule has 0 fully saturated rings. The number of aldehydes is 1. The molecule has 0 aliphatic heterocycles. The van der Waals surface area contributed by atoms with Crippen molar-refractivity contribution >= 4 is 12.3 Å². The lowest BCUT2D eigenvalue weighted by molar-refractivity contribution is -0.107. The van der Waals surface area contributed by atoms with Gasteiger partial charge in [-0.1, -0.05) is 42.5 Å². The highest BCUT2D eigenvalue weighted by Gasteiger charge is 2.23. The summed E-state index contributed by atoms with van der Waals surface area (Å²) in [5.41, 5.74) is 2.83. The molecule has 2 aromatic carbocycles. The van der Waals surface area contributed by atoms with Gasteiger partial charge in [-0.25, -0.2) is 9.78 Å². The maximum absolute atomic E-state index is 12.2. The van der Waals surface area contributed by atoms with Crippen LogP contribution in [-0.2, 0) is 28.9 Å². The molecule has 1 aromatic heterocycles. The number of carbonyl (C=O) groups excluding carboxylic acids is 2. The maximum Gasteiger partial charge on any atom is 0.358 e. The fraction of sp³-hybridized carbons (Fsp3) is 0.227. The Hall–Kier alpha value is -3.41. The molecule has 0 unspecified atom stereocenters. The van der Waals surface area contributed by atoms with Crippen molar-refractivity contribution < 1.29 is 19.1 Å². The molecule has 0 saturated carbocycles. The number of benzene rings is 2. The minimum Gasteiger partial charge on any atom is -0.497 e. The van der Waals surface area contributed by atoms with Gasteiger partial charge in [0.2, 0.25) is 0 Å². The Kier molecular flexibility index (Phi) is 6.22. The molecule has 28 heavy (non-hydrogen) atoms. The highest BCUT2D eigenvalue weighted by atomic mass is 16.5. The molecule has 0 radical (unpaired) electrons. The zero-order valence-corrected chi connectivity index (χ0v) is 15.9. The van der Waals surface area contributed by atoms with E-state index in [0.717, 1.165) is 23.2 Å². The molecule has 6 heteroatoms. The fourth-order valence-electron chi connectivity index (χ4n) is 3.10. The molecule has 3 aromatic rings. The van der Waals surface area contributed by atoms with E-state index < -0.39 is 5.97 Å². The Balaban J connectivity index is 2.05. The molecule has 1 heterocycles. The Bertz CT molecular complexity index is 947.